The fourth-order valence-corrected chi connectivity index (χ4v) is 10.8. The maximum atomic E-state index is 12.5. The normalized spacial score (nSPS) is 19.6. The van der Waals surface area contributed by atoms with E-state index in [1.165, 1.54) is 6.92 Å². The second-order valence-electron chi connectivity index (χ2n) is 13.4. The van der Waals surface area contributed by atoms with E-state index < -0.39 is 46.5 Å². The highest BCUT2D eigenvalue weighted by Gasteiger charge is 2.60. The Labute approximate surface area is 237 Å². The third-order valence-electron chi connectivity index (χ3n) is 8.44. The van der Waals surface area contributed by atoms with Gasteiger partial charge in [-0.2, -0.15) is 0 Å². The van der Waals surface area contributed by atoms with Gasteiger partial charge in [-0.1, -0.05) is 102 Å². The number of hydrogen-bond acceptors (Lipinski definition) is 6. The number of ether oxygens (including phenoxy) is 2. The molecule has 1 fully saturated rings. The molecule has 1 aliphatic heterocycles. The number of rotatable bonds is 11. The van der Waals surface area contributed by atoms with E-state index in [9.17, 15) is 9.90 Å². The van der Waals surface area contributed by atoms with Gasteiger partial charge in [-0.3, -0.25) is 4.79 Å². The van der Waals surface area contributed by atoms with E-state index in [0.29, 0.717) is 6.61 Å². The topological polar surface area (TPSA) is 77.5 Å². The van der Waals surface area contributed by atoms with E-state index in [4.69, 9.17) is 18.3 Å². The molecule has 39 heavy (non-hydrogen) atoms. The summed E-state index contributed by atoms with van der Waals surface area (Å²) in [5, 5.41) is 13.6. The summed E-state index contributed by atoms with van der Waals surface area (Å²) >= 11 is 0. The van der Waals surface area contributed by atoms with E-state index in [1.54, 1.807) is 0 Å². The Balaban J connectivity index is 2.23. The zero-order chi connectivity index (χ0) is 29.3. The summed E-state index contributed by atoms with van der Waals surface area (Å²) in [4.78, 5) is 12.5. The molecule has 2 aromatic rings. The summed E-state index contributed by atoms with van der Waals surface area (Å²) in [5.41, 5.74) is -1.32. The molecule has 1 saturated heterocycles. The first kappa shape index (κ1) is 31.7. The molecule has 216 valence electrons. The lowest BCUT2D eigenvalue weighted by molar-refractivity contribution is -0.179. The summed E-state index contributed by atoms with van der Waals surface area (Å²) in [7, 11) is -5.36. The predicted octanol–water partition coefficient (Wildman–Crippen LogP) is 5.03. The predicted molar refractivity (Wildman–Crippen MR) is 162 cm³/mol. The largest absolute Gasteiger partial charge is 0.457 e. The summed E-state index contributed by atoms with van der Waals surface area (Å²) < 4.78 is 25.7. The molecular weight excluding hydrogens is 525 g/mol. The highest BCUT2D eigenvalue weighted by atomic mass is 28.4. The van der Waals surface area contributed by atoms with Crippen LogP contribution < -0.4 is 10.4 Å². The molecule has 0 radical (unpaired) electrons. The van der Waals surface area contributed by atoms with Crippen LogP contribution in [0.15, 0.2) is 60.7 Å². The first-order valence-electron chi connectivity index (χ1n) is 13.9. The lowest BCUT2D eigenvalue weighted by atomic mass is 9.90. The van der Waals surface area contributed by atoms with Gasteiger partial charge < -0.3 is 23.4 Å². The molecule has 8 heteroatoms. The molecule has 2 aromatic carbocycles. The van der Waals surface area contributed by atoms with E-state index in [1.807, 2.05) is 43.3 Å². The minimum absolute atomic E-state index is 0.0404. The molecule has 0 spiro atoms. The summed E-state index contributed by atoms with van der Waals surface area (Å²) in [6, 6.07) is 20.5. The molecule has 1 heterocycles. The molecular formula is C31H48O6Si2. The van der Waals surface area contributed by atoms with Gasteiger partial charge in [0.2, 0.25) is 0 Å². The quantitative estimate of drug-likeness (QED) is 0.231. The number of carbonyl (C=O) groups excluding carboxylic acids is 1. The number of aliphatic hydroxyl groups is 1. The highest BCUT2D eigenvalue weighted by Crippen LogP contribution is 2.44. The van der Waals surface area contributed by atoms with Crippen molar-refractivity contribution in [2.24, 2.45) is 0 Å². The molecule has 0 aliphatic carbocycles. The molecule has 4 atom stereocenters. The van der Waals surface area contributed by atoms with Gasteiger partial charge in [0, 0.05) is 6.92 Å². The van der Waals surface area contributed by atoms with E-state index in [-0.39, 0.29) is 16.7 Å². The Morgan fingerprint density at radius 2 is 1.38 bits per heavy atom. The first-order chi connectivity index (χ1) is 18.0. The van der Waals surface area contributed by atoms with Crippen molar-refractivity contribution in [3.63, 3.8) is 0 Å². The maximum absolute atomic E-state index is 12.5. The number of epoxide rings is 1. The minimum atomic E-state index is -3.14. The van der Waals surface area contributed by atoms with Gasteiger partial charge in [0.1, 0.15) is 17.8 Å². The van der Waals surface area contributed by atoms with Gasteiger partial charge in [-0.25, -0.2) is 0 Å². The average Bonchev–Trinajstić information content (AvgIpc) is 3.69. The Hall–Kier alpha value is -1.82. The number of esters is 1. The first-order valence-corrected chi connectivity index (χ1v) is 18.7. The second kappa shape index (κ2) is 11.6. The zero-order valence-electron chi connectivity index (χ0n) is 25.4. The Morgan fingerprint density at radius 1 is 0.923 bits per heavy atom. The van der Waals surface area contributed by atoms with E-state index in [2.05, 4.69) is 78.9 Å². The van der Waals surface area contributed by atoms with Gasteiger partial charge in [0.25, 0.3) is 8.32 Å². The van der Waals surface area contributed by atoms with Crippen molar-refractivity contribution < 1.29 is 28.2 Å². The molecule has 1 aliphatic rings. The van der Waals surface area contributed by atoms with Gasteiger partial charge in [-0.05, 0) is 40.5 Å². The fourth-order valence-electron chi connectivity index (χ4n) is 4.92. The Kier molecular flexibility index (Phi) is 9.42. The third kappa shape index (κ3) is 6.74. The maximum Gasteiger partial charge on any atom is 0.303 e. The van der Waals surface area contributed by atoms with Crippen molar-refractivity contribution >= 4 is 33.0 Å². The SMILES string of the molecule is CC(=O)O[C@H](CO[Si](C)(C)C(C)(C)C)[C@](C)(O[Si](c1ccccc1)(c1ccccc1)C(C)(C)C)[C@@H](O)[C@H]1CO1. The van der Waals surface area contributed by atoms with Crippen LogP contribution in [0, 0.1) is 0 Å². The molecule has 0 saturated carbocycles. The Bertz CT molecular complexity index is 1050. The highest BCUT2D eigenvalue weighted by molar-refractivity contribution is 6.99. The fraction of sp³-hybridized carbons (Fsp3) is 0.581. The van der Waals surface area contributed by atoms with Crippen molar-refractivity contribution in [1.82, 2.24) is 0 Å². The number of benzene rings is 2. The second-order valence-corrected chi connectivity index (χ2v) is 22.5. The van der Waals surface area contributed by atoms with Crippen LogP contribution in [0.5, 0.6) is 0 Å². The molecule has 0 aromatic heterocycles. The van der Waals surface area contributed by atoms with Crippen molar-refractivity contribution in [3.8, 4) is 0 Å². The van der Waals surface area contributed by atoms with Crippen molar-refractivity contribution in [2.75, 3.05) is 13.2 Å². The van der Waals surface area contributed by atoms with Gasteiger partial charge in [0.05, 0.1) is 13.2 Å². The number of aliphatic hydroxyl groups excluding tert-OH is 1. The molecule has 0 amide bonds. The minimum Gasteiger partial charge on any atom is -0.457 e. The van der Waals surface area contributed by atoms with Gasteiger partial charge >= 0.3 is 5.97 Å². The summed E-state index contributed by atoms with van der Waals surface area (Å²) in [5.74, 6) is -0.444. The molecule has 1 N–H and O–H groups in total. The van der Waals surface area contributed by atoms with Gasteiger partial charge in [-0.15, -0.1) is 0 Å². The zero-order valence-corrected chi connectivity index (χ0v) is 27.4. The summed E-state index contributed by atoms with van der Waals surface area (Å²) in [6.45, 7) is 21.2. The lowest BCUT2D eigenvalue weighted by Crippen LogP contribution is -2.73. The monoisotopic (exact) mass is 572 g/mol. The van der Waals surface area contributed by atoms with Crippen LogP contribution in [0.4, 0.5) is 0 Å². The van der Waals surface area contributed by atoms with Crippen LogP contribution >= 0.6 is 0 Å². The third-order valence-corrected chi connectivity index (χ3v) is 18.1. The molecule has 6 nitrogen and oxygen atoms in total. The van der Waals surface area contributed by atoms with E-state index >= 15 is 0 Å². The van der Waals surface area contributed by atoms with Crippen LogP contribution in [0.3, 0.4) is 0 Å². The summed E-state index contributed by atoms with van der Waals surface area (Å²) in [6.07, 6.45) is -2.30. The van der Waals surface area contributed by atoms with Gasteiger partial charge in [0.15, 0.2) is 14.4 Å². The number of hydrogen-bond donors (Lipinski definition) is 1. The Morgan fingerprint density at radius 3 is 1.74 bits per heavy atom. The average molecular weight is 573 g/mol. The van der Waals surface area contributed by atoms with Crippen molar-refractivity contribution in [3.05, 3.63) is 60.7 Å². The van der Waals surface area contributed by atoms with Crippen molar-refractivity contribution in [2.45, 2.75) is 102 Å². The standard InChI is InChI=1S/C31H48O6Si2/c1-23(32)36-27(22-35-38(9,10)29(2,3)4)31(8,28(33)26-21-34-26)37-39(30(5,6)7,24-17-13-11-14-18-24)25-19-15-12-16-20-25/h11-20,26-28,33H,21-22H2,1-10H3/t26-,27-,28+,31+/m1/s1. The smallest absolute Gasteiger partial charge is 0.303 e. The van der Waals surface area contributed by atoms with Crippen LogP contribution in [0.25, 0.3) is 0 Å². The van der Waals surface area contributed by atoms with E-state index in [0.717, 1.165) is 10.4 Å². The van der Waals surface area contributed by atoms with Crippen LogP contribution in [0.1, 0.15) is 55.4 Å². The molecule has 0 bridgehead atoms. The molecule has 0 unspecified atom stereocenters. The molecule has 3 rings (SSSR count). The van der Waals surface area contributed by atoms with Crippen molar-refractivity contribution in [1.29, 1.82) is 0 Å². The van der Waals surface area contributed by atoms with Crippen LogP contribution in [-0.2, 0) is 23.1 Å². The number of carbonyl (C=O) groups is 1. The van der Waals surface area contributed by atoms with Crippen LogP contribution in [-0.4, -0.2) is 64.8 Å². The lowest BCUT2D eigenvalue weighted by Gasteiger charge is -2.52. The van der Waals surface area contributed by atoms with Crippen LogP contribution in [0.2, 0.25) is 23.2 Å².